The summed E-state index contributed by atoms with van der Waals surface area (Å²) in [5, 5.41) is 0.762. The van der Waals surface area contributed by atoms with Gasteiger partial charge in [0.05, 0.1) is 22.0 Å². The lowest BCUT2D eigenvalue weighted by Gasteiger charge is -2.42. The van der Waals surface area contributed by atoms with Crippen LogP contribution in [0, 0.1) is 0 Å². The summed E-state index contributed by atoms with van der Waals surface area (Å²) in [6.45, 7) is 5.57. The molecule has 7 heteroatoms. The fraction of sp³-hybridized carbons (Fsp3) is 0.600. The van der Waals surface area contributed by atoms with Crippen LogP contribution in [-0.4, -0.2) is 78.7 Å². The van der Waals surface area contributed by atoms with Crippen LogP contribution in [0.5, 0.6) is 0 Å². The molecule has 0 aromatic heterocycles. The predicted octanol–water partition coefficient (Wildman–Crippen LogP) is 2.90. The molecule has 27 heavy (non-hydrogen) atoms. The molecule has 0 spiro atoms. The average Bonchev–Trinajstić information content (AvgIpc) is 3.24. The summed E-state index contributed by atoms with van der Waals surface area (Å²) in [5.74, 6) is -0.406. The van der Waals surface area contributed by atoms with Gasteiger partial charge in [-0.2, -0.15) is 0 Å². The molecule has 1 aliphatic carbocycles. The number of ketones is 1. The summed E-state index contributed by atoms with van der Waals surface area (Å²) >= 11 is 12.3. The van der Waals surface area contributed by atoms with E-state index < -0.39 is 5.92 Å². The van der Waals surface area contributed by atoms with Crippen molar-refractivity contribution in [1.29, 1.82) is 0 Å². The van der Waals surface area contributed by atoms with Gasteiger partial charge in [0.1, 0.15) is 0 Å². The number of hydrogen-bond acceptors (Lipinski definition) is 4. The van der Waals surface area contributed by atoms with Gasteiger partial charge in [-0.15, -0.1) is 0 Å². The molecule has 0 bridgehead atoms. The van der Waals surface area contributed by atoms with E-state index in [0.717, 1.165) is 38.3 Å². The molecule has 0 radical (unpaired) electrons. The molecule has 2 fully saturated rings. The minimum atomic E-state index is -0.438. The summed E-state index contributed by atoms with van der Waals surface area (Å²) < 4.78 is 0. The number of carbonyl (C=O) groups is 2. The van der Waals surface area contributed by atoms with Gasteiger partial charge in [0.15, 0.2) is 5.78 Å². The molecule has 4 rings (SSSR count). The number of amides is 1. The molecule has 1 amide bonds. The molecule has 2 saturated heterocycles. The van der Waals surface area contributed by atoms with E-state index in [1.807, 2.05) is 4.90 Å². The number of hydrogen-bond donors (Lipinski definition) is 0. The average molecular weight is 410 g/mol. The highest BCUT2D eigenvalue weighted by atomic mass is 35.5. The molecule has 0 saturated carbocycles. The van der Waals surface area contributed by atoms with Crippen LogP contribution in [-0.2, 0) is 4.79 Å². The van der Waals surface area contributed by atoms with Gasteiger partial charge in [0, 0.05) is 38.2 Å². The zero-order chi connectivity index (χ0) is 19.1. The van der Waals surface area contributed by atoms with Crippen LogP contribution in [0.1, 0.15) is 41.1 Å². The maximum atomic E-state index is 13.5. The highest BCUT2D eigenvalue weighted by Crippen LogP contribution is 2.39. The lowest BCUT2D eigenvalue weighted by Crippen LogP contribution is -2.58. The van der Waals surface area contributed by atoms with Crippen LogP contribution in [0.25, 0.3) is 0 Å². The van der Waals surface area contributed by atoms with Crippen LogP contribution in [0.3, 0.4) is 0 Å². The van der Waals surface area contributed by atoms with Crippen molar-refractivity contribution in [2.75, 3.05) is 46.3 Å². The molecular weight excluding hydrogens is 385 g/mol. The number of piperazine rings is 1. The second kappa shape index (κ2) is 7.70. The number of likely N-dealkylation sites (tertiary alicyclic amines) is 1. The lowest BCUT2D eigenvalue weighted by molar-refractivity contribution is -0.138. The molecule has 1 aromatic rings. The van der Waals surface area contributed by atoms with Crippen molar-refractivity contribution < 1.29 is 9.59 Å². The topological polar surface area (TPSA) is 43.9 Å². The second-order valence-electron chi connectivity index (χ2n) is 7.99. The minimum Gasteiger partial charge on any atom is -0.335 e. The third-order valence-corrected chi connectivity index (χ3v) is 6.81. The number of carbonyl (C=O) groups excluding carboxylic acids is 2. The lowest BCUT2D eigenvalue weighted by atomic mass is 9.98. The molecule has 5 nitrogen and oxygen atoms in total. The highest BCUT2D eigenvalue weighted by Gasteiger charge is 2.40. The summed E-state index contributed by atoms with van der Waals surface area (Å²) in [6, 6.07) is 3.48. The zero-order valence-corrected chi connectivity index (χ0v) is 17.1. The van der Waals surface area contributed by atoms with Gasteiger partial charge in [-0.05, 0) is 50.7 Å². The fourth-order valence-electron chi connectivity index (χ4n) is 4.64. The fourth-order valence-corrected chi connectivity index (χ4v) is 4.97. The number of fused-ring (bicyclic) bond motifs is 1. The first-order chi connectivity index (χ1) is 12.9. The van der Waals surface area contributed by atoms with Crippen LogP contribution in [0.15, 0.2) is 12.1 Å². The molecule has 2 atom stereocenters. The van der Waals surface area contributed by atoms with Gasteiger partial charge < -0.3 is 14.7 Å². The van der Waals surface area contributed by atoms with E-state index in [1.54, 1.807) is 12.1 Å². The number of benzene rings is 1. The summed E-state index contributed by atoms with van der Waals surface area (Å²) in [7, 11) is 2.11. The monoisotopic (exact) mass is 409 g/mol. The number of likely N-dealkylation sites (N-methyl/N-ethyl adjacent to an activating group) is 1. The first kappa shape index (κ1) is 19.2. The van der Waals surface area contributed by atoms with Crippen molar-refractivity contribution in [1.82, 2.24) is 14.7 Å². The largest absolute Gasteiger partial charge is 0.335 e. The van der Waals surface area contributed by atoms with Crippen molar-refractivity contribution in [3.63, 3.8) is 0 Å². The Hall–Kier alpha value is -1.14. The van der Waals surface area contributed by atoms with E-state index in [0.29, 0.717) is 22.2 Å². The standard InChI is InChI=1S/C20H25Cl2N3O2/c1-23-6-7-25(13(11-23)12-24-4-2-3-5-24)20(27)16-10-19(26)15-9-18(22)17(21)8-14(15)16/h8-9,13,16H,2-7,10-12H2,1H3. The van der Waals surface area contributed by atoms with Crippen LogP contribution in [0.2, 0.25) is 10.0 Å². The van der Waals surface area contributed by atoms with Crippen molar-refractivity contribution in [2.45, 2.75) is 31.2 Å². The van der Waals surface area contributed by atoms with Gasteiger partial charge in [0.2, 0.25) is 5.91 Å². The third kappa shape index (κ3) is 3.75. The normalized spacial score (nSPS) is 26.6. The van der Waals surface area contributed by atoms with Crippen molar-refractivity contribution in [2.24, 2.45) is 0 Å². The Kier molecular flexibility index (Phi) is 5.48. The maximum absolute atomic E-state index is 13.5. The van der Waals surface area contributed by atoms with E-state index >= 15 is 0 Å². The van der Waals surface area contributed by atoms with E-state index in [9.17, 15) is 9.59 Å². The Bertz CT molecular complexity index is 764. The molecule has 0 N–H and O–H groups in total. The van der Waals surface area contributed by atoms with Crippen molar-refractivity contribution in [3.05, 3.63) is 33.3 Å². The quantitative estimate of drug-likeness (QED) is 0.769. The summed E-state index contributed by atoms with van der Waals surface area (Å²) in [4.78, 5) is 32.7. The van der Waals surface area contributed by atoms with E-state index in [-0.39, 0.29) is 24.2 Å². The molecule has 3 aliphatic rings. The first-order valence-corrected chi connectivity index (χ1v) is 10.4. The SMILES string of the molecule is CN1CCN(C(=O)C2CC(=O)c3cc(Cl)c(Cl)cc32)C(CN2CCCC2)C1. The van der Waals surface area contributed by atoms with Crippen LogP contribution >= 0.6 is 23.2 Å². The van der Waals surface area contributed by atoms with Gasteiger partial charge in [-0.25, -0.2) is 0 Å². The number of halogens is 2. The predicted molar refractivity (Wildman–Crippen MR) is 107 cm³/mol. The summed E-state index contributed by atoms with van der Waals surface area (Å²) in [5.41, 5.74) is 1.28. The molecule has 146 valence electrons. The molecule has 2 aliphatic heterocycles. The van der Waals surface area contributed by atoms with Gasteiger partial charge >= 0.3 is 0 Å². The Morgan fingerprint density at radius 3 is 2.56 bits per heavy atom. The number of nitrogens with zero attached hydrogens (tertiary/aromatic N) is 3. The van der Waals surface area contributed by atoms with Crippen molar-refractivity contribution in [3.8, 4) is 0 Å². The maximum Gasteiger partial charge on any atom is 0.230 e. The molecule has 2 heterocycles. The van der Waals surface area contributed by atoms with Gasteiger partial charge in [-0.3, -0.25) is 9.59 Å². The minimum absolute atomic E-state index is 0.0212. The number of Topliss-reactive ketones (excluding diaryl/α,β-unsaturated/α-hetero) is 1. The van der Waals surface area contributed by atoms with Crippen LogP contribution in [0.4, 0.5) is 0 Å². The van der Waals surface area contributed by atoms with E-state index in [2.05, 4.69) is 16.8 Å². The Balaban J connectivity index is 1.57. The van der Waals surface area contributed by atoms with Gasteiger partial charge in [-0.1, -0.05) is 23.2 Å². The third-order valence-electron chi connectivity index (χ3n) is 6.09. The first-order valence-electron chi connectivity index (χ1n) is 9.67. The molecular formula is C20H25Cl2N3O2. The highest BCUT2D eigenvalue weighted by molar-refractivity contribution is 6.42. The molecule has 2 unspecified atom stereocenters. The second-order valence-corrected chi connectivity index (χ2v) is 8.80. The summed E-state index contributed by atoms with van der Waals surface area (Å²) in [6.07, 6.45) is 2.69. The van der Waals surface area contributed by atoms with Crippen molar-refractivity contribution >= 4 is 34.9 Å². The van der Waals surface area contributed by atoms with E-state index in [1.165, 1.54) is 12.8 Å². The Morgan fingerprint density at radius 2 is 1.81 bits per heavy atom. The zero-order valence-electron chi connectivity index (χ0n) is 15.6. The number of rotatable bonds is 3. The molecule has 1 aromatic carbocycles. The Morgan fingerprint density at radius 1 is 1.11 bits per heavy atom. The van der Waals surface area contributed by atoms with Gasteiger partial charge in [0.25, 0.3) is 0 Å². The van der Waals surface area contributed by atoms with Crippen LogP contribution < -0.4 is 0 Å². The Labute approximate surface area is 170 Å². The smallest absolute Gasteiger partial charge is 0.230 e. The van der Waals surface area contributed by atoms with E-state index in [4.69, 9.17) is 23.2 Å².